The first kappa shape index (κ1) is 39.7. The van der Waals surface area contributed by atoms with E-state index in [0.717, 1.165) is 0 Å². The van der Waals surface area contributed by atoms with E-state index >= 15 is 0 Å². The number of halogens is 2. The minimum Gasteiger partial charge on any atom is -0.147 e. The zero-order valence-corrected chi connectivity index (χ0v) is 38.0. The second-order valence-electron chi connectivity index (χ2n) is 19.0. The molecule has 4 aliphatic carbocycles. The molecule has 0 nitrogen and oxygen atoms in total. The van der Waals surface area contributed by atoms with Crippen LogP contribution in [0.3, 0.4) is 0 Å². The Bertz CT molecular complexity index is 1940. The summed E-state index contributed by atoms with van der Waals surface area (Å²) in [6, 6.07) is 33.2. The van der Waals surface area contributed by atoms with Gasteiger partial charge < -0.3 is 0 Å². The van der Waals surface area contributed by atoms with Crippen molar-refractivity contribution in [3.63, 3.8) is 0 Å². The predicted molar refractivity (Wildman–Crippen MR) is 232 cm³/mol. The number of allylic oxidation sites excluding steroid dienone is 2. The normalized spacial score (nSPS) is 21.4. The Morgan fingerprint density at radius 1 is 0.558 bits per heavy atom. The number of fused-ring (bicyclic) bond motifs is 2. The van der Waals surface area contributed by atoms with Crippen molar-refractivity contribution in [2.45, 2.75) is 108 Å². The van der Waals surface area contributed by atoms with Crippen LogP contribution in [0.5, 0.6) is 0 Å². The minimum atomic E-state index is -3.84. The van der Waals surface area contributed by atoms with Gasteiger partial charge in [-0.3, -0.25) is 0 Å². The van der Waals surface area contributed by atoms with Crippen molar-refractivity contribution < 1.29 is 17.4 Å². The Morgan fingerprint density at radius 3 is 1.25 bits per heavy atom. The van der Waals surface area contributed by atoms with Gasteiger partial charge in [-0.15, -0.1) is 24.8 Å². The smallest absolute Gasteiger partial charge is 0.147 e. The van der Waals surface area contributed by atoms with Crippen molar-refractivity contribution in [2.75, 3.05) is 0 Å². The second kappa shape index (κ2) is 14.6. The Morgan fingerprint density at radius 2 is 0.904 bits per heavy atom. The third kappa shape index (κ3) is 7.14. The molecule has 2 saturated carbocycles. The molecule has 0 radical (unpaired) electrons. The summed E-state index contributed by atoms with van der Waals surface area (Å²) in [5.41, 5.74) is 18.9. The molecule has 0 bridgehead atoms. The maximum atomic E-state index is 2.88. The molecule has 4 aromatic carbocycles. The Labute approximate surface area is 329 Å². The van der Waals surface area contributed by atoms with E-state index in [-0.39, 0.29) is 24.8 Å². The van der Waals surface area contributed by atoms with Crippen LogP contribution in [0.4, 0.5) is 0 Å². The van der Waals surface area contributed by atoms with Crippen molar-refractivity contribution in [3.8, 4) is 22.3 Å². The molecule has 0 saturated heterocycles. The average Bonchev–Trinajstić information content (AvgIpc) is 3.87. The molecule has 2 unspecified atom stereocenters. The number of aryl methyl sites for hydroxylation is 2. The van der Waals surface area contributed by atoms with E-state index in [1.165, 1.54) is 109 Å². The van der Waals surface area contributed by atoms with Crippen LogP contribution in [0, 0.1) is 24.7 Å². The summed E-state index contributed by atoms with van der Waals surface area (Å²) in [6.45, 7) is 12.2. The topological polar surface area (TPSA) is 0 Å². The maximum Gasteiger partial charge on any atom is -0.147 e. The molecule has 4 aromatic rings. The van der Waals surface area contributed by atoms with Crippen molar-refractivity contribution in [3.05, 3.63) is 129 Å². The van der Waals surface area contributed by atoms with E-state index < -0.39 is 17.4 Å². The fourth-order valence-corrected chi connectivity index (χ4v) is 31.1. The van der Waals surface area contributed by atoms with Gasteiger partial charge in [-0.25, -0.2) is 0 Å². The van der Waals surface area contributed by atoms with Crippen LogP contribution >= 0.6 is 24.8 Å². The minimum absolute atomic E-state index is 0. The summed E-state index contributed by atoms with van der Waals surface area (Å²) >= 11 is -3.84. The van der Waals surface area contributed by atoms with Gasteiger partial charge in [0, 0.05) is 0 Å². The molecule has 0 spiro atoms. The van der Waals surface area contributed by atoms with Gasteiger partial charge in [0.05, 0.1) is 0 Å². The maximum absolute atomic E-state index is 3.84. The van der Waals surface area contributed by atoms with E-state index in [4.69, 9.17) is 0 Å². The van der Waals surface area contributed by atoms with Gasteiger partial charge in [0.25, 0.3) is 0 Å². The summed E-state index contributed by atoms with van der Waals surface area (Å²) < 4.78 is 6.86. The van der Waals surface area contributed by atoms with Crippen LogP contribution in [0.15, 0.2) is 96.1 Å². The van der Waals surface area contributed by atoms with E-state index in [0.29, 0.717) is 18.1 Å². The third-order valence-corrected chi connectivity index (χ3v) is 31.3. The Balaban J connectivity index is 0.00000232. The van der Waals surface area contributed by atoms with Crippen molar-refractivity contribution in [2.24, 2.45) is 10.8 Å². The van der Waals surface area contributed by atoms with E-state index in [9.17, 15) is 0 Å². The molecule has 4 heteroatoms. The molecule has 0 heterocycles. The van der Waals surface area contributed by atoms with Crippen molar-refractivity contribution in [1.29, 1.82) is 0 Å². The summed E-state index contributed by atoms with van der Waals surface area (Å²) in [7, 11) is 0. The SMILES string of the molecule is Cc1ccc(-c2cccc3c2C=C(CC2(C)CCCC2)[CH]3[Zr]([CH3])([CH3])(=[SiH2])[CH]2C(CC3(C)CCCC3)=Cc3c(-c4ccc(C)cc4)cccc32)cc1.Cl.Cl. The number of benzene rings is 4. The number of hydrogen-bond acceptors (Lipinski definition) is 0. The predicted octanol–water partition coefficient (Wildman–Crippen LogP) is 14.3. The van der Waals surface area contributed by atoms with Crippen LogP contribution in [-0.4, -0.2) is 6.88 Å². The van der Waals surface area contributed by atoms with Crippen molar-refractivity contribution in [1.82, 2.24) is 0 Å². The summed E-state index contributed by atoms with van der Waals surface area (Å²) in [5, 5.41) is 0. The summed E-state index contributed by atoms with van der Waals surface area (Å²) in [5.74, 6) is 0. The Kier molecular flexibility index (Phi) is 11.2. The van der Waals surface area contributed by atoms with Crippen molar-refractivity contribution >= 4 is 43.8 Å². The molecule has 4 aliphatic rings. The van der Waals surface area contributed by atoms with E-state index in [1.807, 2.05) is 0 Å². The monoisotopic (exact) mass is 824 g/mol. The first-order valence-corrected chi connectivity index (χ1v) is 33.4. The second-order valence-corrected chi connectivity index (χ2v) is 49.5. The van der Waals surface area contributed by atoms with E-state index in [1.54, 1.807) is 22.3 Å². The van der Waals surface area contributed by atoms with Crippen LogP contribution in [0.2, 0.25) is 9.26 Å². The average molecular weight is 827 g/mol. The molecule has 0 aliphatic heterocycles. The van der Waals surface area contributed by atoms with Gasteiger partial charge in [0.2, 0.25) is 0 Å². The van der Waals surface area contributed by atoms with Crippen LogP contribution in [0.25, 0.3) is 34.4 Å². The number of rotatable bonds is 8. The van der Waals surface area contributed by atoms with Gasteiger partial charge >= 0.3 is 307 Å². The molecule has 0 aromatic heterocycles. The molecule has 0 amide bonds. The van der Waals surface area contributed by atoms with Crippen LogP contribution in [-0.2, 0) is 17.4 Å². The number of hydrogen-bond donors (Lipinski definition) is 0. The molecule has 8 rings (SSSR count). The Hall–Kier alpha value is -1.96. The largest absolute Gasteiger partial charge is 0.147 e. The molecule has 52 heavy (non-hydrogen) atoms. The van der Waals surface area contributed by atoms with Gasteiger partial charge in [-0.1, -0.05) is 0 Å². The van der Waals surface area contributed by atoms with Gasteiger partial charge in [0.15, 0.2) is 0 Å². The first-order chi connectivity index (χ1) is 23.8. The molecule has 274 valence electrons. The quantitative estimate of drug-likeness (QED) is 0.155. The van der Waals surface area contributed by atoms with Gasteiger partial charge in [0.1, 0.15) is 0 Å². The third-order valence-electron chi connectivity index (χ3n) is 13.8. The van der Waals surface area contributed by atoms with Crippen LogP contribution < -0.4 is 0 Å². The molecule has 2 fully saturated rings. The molecular formula is C48H60Cl2SiZr. The summed E-state index contributed by atoms with van der Waals surface area (Å²) in [4.78, 5) is 0. The zero-order chi connectivity index (χ0) is 34.9. The summed E-state index contributed by atoms with van der Waals surface area (Å²) in [6.07, 6.45) is 19.0. The van der Waals surface area contributed by atoms with E-state index in [2.05, 4.69) is 141 Å². The fourth-order valence-electron chi connectivity index (χ4n) is 11.4. The molecular weight excluding hydrogens is 767 g/mol. The van der Waals surface area contributed by atoms with Crippen LogP contribution in [0.1, 0.15) is 119 Å². The van der Waals surface area contributed by atoms with Gasteiger partial charge in [-0.2, -0.15) is 0 Å². The van der Waals surface area contributed by atoms with Gasteiger partial charge in [-0.05, 0) is 0 Å². The molecule has 2 atom stereocenters. The fraction of sp³-hybridized carbons (Fsp3) is 0.417. The first-order valence-electron chi connectivity index (χ1n) is 19.7. The standard InChI is InChI=1S/2C23H25.2CH3.2ClH.H2Si.Zr/c2*1-17-8-10-19(11-9-17)21-7-5-6-20-14-18(15-22(20)21)16-23(2)12-3-4-13-23;;;;;;/h2*5-11,14-15H,3-4,12-13,16H2,1-2H3;2*1H3;2*1H;1H2;. The zero-order valence-electron chi connectivity index (χ0n) is 32.5. The molecule has 0 N–H and O–H groups in total.